The standard InChI is InChI=1S/C23H28N4O2S/c1-15-11-13-17(14-12-15)27-20(18-9-7-8-10-19(18)29-6)25-26-22(27)30-16(2)21(28)24-23(3,4)5/h7-14,16H,1-6H3,(H,24,28). The van der Waals surface area contributed by atoms with Gasteiger partial charge in [-0.3, -0.25) is 9.36 Å². The summed E-state index contributed by atoms with van der Waals surface area (Å²) in [5, 5.41) is 12.2. The molecule has 0 aliphatic heterocycles. The third-order valence-electron chi connectivity index (χ3n) is 4.42. The van der Waals surface area contributed by atoms with Crippen LogP contribution >= 0.6 is 11.8 Å². The molecule has 2 aromatic carbocycles. The van der Waals surface area contributed by atoms with Crippen LogP contribution in [-0.2, 0) is 4.79 Å². The average molecular weight is 425 g/mol. The lowest BCUT2D eigenvalue weighted by Crippen LogP contribution is -2.44. The quantitative estimate of drug-likeness (QED) is 0.584. The van der Waals surface area contributed by atoms with Crippen molar-refractivity contribution >= 4 is 17.7 Å². The highest BCUT2D eigenvalue weighted by atomic mass is 32.2. The minimum Gasteiger partial charge on any atom is -0.496 e. The third-order valence-corrected chi connectivity index (χ3v) is 5.47. The Balaban J connectivity index is 2.05. The highest BCUT2D eigenvalue weighted by Crippen LogP contribution is 2.34. The number of carbonyl (C=O) groups excluding carboxylic acids is 1. The van der Waals surface area contributed by atoms with Gasteiger partial charge in [-0.15, -0.1) is 10.2 Å². The van der Waals surface area contributed by atoms with Crippen LogP contribution in [0.15, 0.2) is 53.7 Å². The Hall–Kier alpha value is -2.80. The van der Waals surface area contributed by atoms with E-state index < -0.39 is 0 Å². The zero-order valence-electron chi connectivity index (χ0n) is 18.3. The van der Waals surface area contributed by atoms with Gasteiger partial charge in [0.05, 0.1) is 17.9 Å². The molecular weight excluding hydrogens is 396 g/mol. The molecular formula is C23H28N4O2S. The number of nitrogens with zero attached hydrogens (tertiary/aromatic N) is 3. The Kier molecular flexibility index (Phi) is 6.51. The van der Waals surface area contributed by atoms with Crippen LogP contribution in [0.4, 0.5) is 0 Å². The Labute approximate surface area is 182 Å². The fourth-order valence-electron chi connectivity index (χ4n) is 2.96. The summed E-state index contributed by atoms with van der Waals surface area (Å²) < 4.78 is 7.52. The normalized spacial score (nSPS) is 12.5. The average Bonchev–Trinajstić information content (AvgIpc) is 3.10. The minimum absolute atomic E-state index is 0.0372. The fraction of sp³-hybridized carbons (Fsp3) is 0.348. The monoisotopic (exact) mass is 424 g/mol. The smallest absolute Gasteiger partial charge is 0.233 e. The molecule has 1 unspecified atom stereocenters. The maximum absolute atomic E-state index is 12.6. The van der Waals surface area contributed by atoms with Crippen molar-refractivity contribution in [2.45, 2.75) is 50.6 Å². The second kappa shape index (κ2) is 8.92. The van der Waals surface area contributed by atoms with E-state index in [0.717, 1.165) is 16.8 Å². The topological polar surface area (TPSA) is 69.0 Å². The second-order valence-corrected chi connectivity index (χ2v) is 9.48. The number of thioether (sulfide) groups is 1. The molecule has 30 heavy (non-hydrogen) atoms. The second-order valence-electron chi connectivity index (χ2n) is 8.18. The first-order valence-corrected chi connectivity index (χ1v) is 10.7. The van der Waals surface area contributed by atoms with E-state index in [2.05, 4.69) is 15.5 Å². The van der Waals surface area contributed by atoms with Crippen LogP contribution in [0, 0.1) is 6.92 Å². The van der Waals surface area contributed by atoms with Crippen LogP contribution in [0.1, 0.15) is 33.3 Å². The molecule has 3 aromatic rings. The molecule has 1 amide bonds. The molecule has 1 N–H and O–H groups in total. The largest absolute Gasteiger partial charge is 0.496 e. The molecule has 1 atom stereocenters. The van der Waals surface area contributed by atoms with Gasteiger partial charge in [0, 0.05) is 11.2 Å². The van der Waals surface area contributed by atoms with Gasteiger partial charge in [-0.2, -0.15) is 0 Å². The molecule has 0 aliphatic carbocycles. The van der Waals surface area contributed by atoms with E-state index in [0.29, 0.717) is 16.7 Å². The molecule has 0 saturated heterocycles. The van der Waals surface area contributed by atoms with Gasteiger partial charge >= 0.3 is 0 Å². The van der Waals surface area contributed by atoms with E-state index in [1.807, 2.05) is 87.7 Å². The zero-order chi connectivity index (χ0) is 21.9. The molecule has 7 heteroatoms. The molecule has 3 rings (SSSR count). The molecule has 1 aromatic heterocycles. The van der Waals surface area contributed by atoms with Gasteiger partial charge in [0.1, 0.15) is 5.75 Å². The number of aromatic nitrogens is 3. The van der Waals surface area contributed by atoms with Crippen LogP contribution in [0.3, 0.4) is 0 Å². The minimum atomic E-state index is -0.330. The highest BCUT2D eigenvalue weighted by molar-refractivity contribution is 8.00. The van der Waals surface area contributed by atoms with Gasteiger partial charge in [-0.05, 0) is 58.9 Å². The third kappa shape index (κ3) is 5.02. The molecule has 0 radical (unpaired) electrons. The lowest BCUT2D eigenvalue weighted by atomic mass is 10.1. The van der Waals surface area contributed by atoms with Gasteiger partial charge in [0.25, 0.3) is 0 Å². The summed E-state index contributed by atoms with van der Waals surface area (Å²) in [6.45, 7) is 9.83. The van der Waals surface area contributed by atoms with Gasteiger partial charge in [-0.1, -0.05) is 41.6 Å². The van der Waals surface area contributed by atoms with Gasteiger partial charge in [-0.25, -0.2) is 0 Å². The predicted molar refractivity (Wildman–Crippen MR) is 121 cm³/mol. The maximum Gasteiger partial charge on any atom is 0.233 e. The predicted octanol–water partition coefficient (Wildman–Crippen LogP) is 4.65. The summed E-state index contributed by atoms with van der Waals surface area (Å²) in [7, 11) is 1.64. The van der Waals surface area contributed by atoms with Crippen molar-refractivity contribution in [2.24, 2.45) is 0 Å². The Morgan fingerprint density at radius 1 is 1.10 bits per heavy atom. The first-order valence-electron chi connectivity index (χ1n) is 9.84. The van der Waals surface area contributed by atoms with Crippen molar-refractivity contribution < 1.29 is 9.53 Å². The summed E-state index contributed by atoms with van der Waals surface area (Å²) in [5.41, 5.74) is 2.64. The number of ether oxygens (including phenoxy) is 1. The van der Waals surface area contributed by atoms with E-state index in [-0.39, 0.29) is 16.7 Å². The zero-order valence-corrected chi connectivity index (χ0v) is 19.1. The number of hydrogen-bond donors (Lipinski definition) is 1. The summed E-state index contributed by atoms with van der Waals surface area (Å²) in [5.74, 6) is 1.35. The number of aryl methyl sites for hydroxylation is 1. The van der Waals surface area contributed by atoms with Crippen LogP contribution in [0.5, 0.6) is 5.75 Å². The Morgan fingerprint density at radius 2 is 1.77 bits per heavy atom. The van der Waals surface area contributed by atoms with Crippen LogP contribution in [0.2, 0.25) is 0 Å². The fourth-order valence-corrected chi connectivity index (χ4v) is 3.83. The number of benzene rings is 2. The highest BCUT2D eigenvalue weighted by Gasteiger charge is 2.25. The molecule has 0 saturated carbocycles. The summed E-state index contributed by atoms with van der Waals surface area (Å²) in [6, 6.07) is 15.9. The van der Waals surface area contributed by atoms with Crippen LogP contribution in [0.25, 0.3) is 17.1 Å². The first kappa shape index (κ1) is 21.9. The molecule has 158 valence electrons. The lowest BCUT2D eigenvalue weighted by Gasteiger charge is -2.23. The number of hydrogen-bond acceptors (Lipinski definition) is 5. The molecule has 0 fully saturated rings. The number of nitrogens with one attached hydrogen (secondary N) is 1. The molecule has 6 nitrogen and oxygen atoms in total. The number of methoxy groups -OCH3 is 1. The number of rotatable bonds is 6. The van der Waals surface area contributed by atoms with E-state index >= 15 is 0 Å². The van der Waals surface area contributed by atoms with E-state index in [9.17, 15) is 4.79 Å². The van der Waals surface area contributed by atoms with Gasteiger partial charge < -0.3 is 10.1 Å². The number of carbonyl (C=O) groups is 1. The van der Waals surface area contributed by atoms with E-state index in [4.69, 9.17) is 4.74 Å². The maximum atomic E-state index is 12.6. The van der Waals surface area contributed by atoms with E-state index in [1.165, 1.54) is 11.8 Å². The number of amides is 1. The van der Waals surface area contributed by atoms with Crippen LogP contribution in [-0.4, -0.2) is 38.6 Å². The van der Waals surface area contributed by atoms with Crippen molar-refractivity contribution in [3.05, 3.63) is 54.1 Å². The number of para-hydroxylation sites is 1. The molecule has 0 spiro atoms. The SMILES string of the molecule is COc1ccccc1-c1nnc(SC(C)C(=O)NC(C)(C)C)n1-c1ccc(C)cc1. The van der Waals surface area contributed by atoms with Crippen LogP contribution < -0.4 is 10.1 Å². The van der Waals surface area contributed by atoms with Crippen molar-refractivity contribution in [3.63, 3.8) is 0 Å². The van der Waals surface area contributed by atoms with Gasteiger partial charge in [0.15, 0.2) is 11.0 Å². The molecule has 0 bridgehead atoms. The Morgan fingerprint density at radius 3 is 2.40 bits per heavy atom. The van der Waals surface area contributed by atoms with Crippen molar-refractivity contribution in [1.29, 1.82) is 0 Å². The summed E-state index contributed by atoms with van der Waals surface area (Å²) in [4.78, 5) is 12.6. The van der Waals surface area contributed by atoms with E-state index in [1.54, 1.807) is 7.11 Å². The van der Waals surface area contributed by atoms with Crippen molar-refractivity contribution in [3.8, 4) is 22.8 Å². The first-order chi connectivity index (χ1) is 14.2. The molecule has 1 heterocycles. The van der Waals surface area contributed by atoms with Crippen molar-refractivity contribution in [1.82, 2.24) is 20.1 Å². The molecule has 0 aliphatic rings. The summed E-state index contributed by atoms with van der Waals surface area (Å²) in [6.07, 6.45) is 0. The van der Waals surface area contributed by atoms with Crippen molar-refractivity contribution in [2.75, 3.05) is 7.11 Å². The Bertz CT molecular complexity index is 1020. The lowest BCUT2D eigenvalue weighted by molar-refractivity contribution is -0.121. The summed E-state index contributed by atoms with van der Waals surface area (Å²) >= 11 is 1.38. The van der Waals surface area contributed by atoms with Gasteiger partial charge in [0.2, 0.25) is 5.91 Å².